The predicted molar refractivity (Wildman–Crippen MR) is 73.1 cm³/mol. The fraction of sp³-hybridized carbons (Fsp3) is 1.00. The molecule has 0 aliphatic carbocycles. The molecule has 1 atom stereocenters. The van der Waals surface area contributed by atoms with Gasteiger partial charge in [-0.1, -0.05) is 0 Å². The number of rotatable bonds is 1. The first-order chi connectivity index (χ1) is 8.34. The van der Waals surface area contributed by atoms with Crippen LogP contribution in [-0.4, -0.2) is 68.2 Å². The van der Waals surface area contributed by atoms with Gasteiger partial charge in [0.1, 0.15) is 0 Å². The average molecular weight is 275 g/mol. The Hall–Kier alpha value is -0.170. The molecule has 0 amide bonds. The second-order valence-corrected chi connectivity index (χ2v) is 8.63. The summed E-state index contributed by atoms with van der Waals surface area (Å²) in [6, 6.07) is 0.146. The number of likely N-dealkylation sites (N-methyl/N-ethyl adjacent to an activating group) is 1. The maximum Gasteiger partial charge on any atom is 0.220 e. The van der Waals surface area contributed by atoms with Crippen molar-refractivity contribution >= 4 is 10.0 Å². The first-order valence-corrected chi connectivity index (χ1v) is 8.19. The summed E-state index contributed by atoms with van der Waals surface area (Å²) in [5, 5.41) is 3.24. The van der Waals surface area contributed by atoms with E-state index in [4.69, 9.17) is 0 Å². The number of piperidine rings is 1. The molecular weight excluding hydrogens is 250 g/mol. The number of hydrogen-bond donors (Lipinski definition) is 1. The standard InChI is InChI=1S/C12H25N3O2S/c1-12(2)10-13-6-8-15(18(12,16)17)11-5-4-7-14(3)9-11/h11,13H,4-10H2,1-3H3. The lowest BCUT2D eigenvalue weighted by atomic mass is 10.1. The van der Waals surface area contributed by atoms with Crippen molar-refractivity contribution in [3.8, 4) is 0 Å². The van der Waals surface area contributed by atoms with Crippen molar-refractivity contribution in [3.05, 3.63) is 0 Å². The quantitative estimate of drug-likeness (QED) is 0.737. The molecule has 0 radical (unpaired) electrons. The largest absolute Gasteiger partial charge is 0.314 e. The van der Waals surface area contributed by atoms with Gasteiger partial charge in [-0.3, -0.25) is 0 Å². The highest BCUT2D eigenvalue weighted by Gasteiger charge is 2.44. The molecule has 0 aromatic carbocycles. The molecule has 1 N–H and O–H groups in total. The maximum absolute atomic E-state index is 12.7. The van der Waals surface area contributed by atoms with Gasteiger partial charge in [0.05, 0.1) is 4.75 Å². The summed E-state index contributed by atoms with van der Waals surface area (Å²) < 4.78 is 26.5. The lowest BCUT2D eigenvalue weighted by Crippen LogP contribution is -2.54. The molecule has 6 heteroatoms. The Balaban J connectivity index is 2.24. The van der Waals surface area contributed by atoms with Crippen molar-refractivity contribution < 1.29 is 8.42 Å². The molecular formula is C12H25N3O2S. The zero-order valence-corrected chi connectivity index (χ0v) is 12.5. The van der Waals surface area contributed by atoms with E-state index in [2.05, 4.69) is 17.3 Å². The van der Waals surface area contributed by atoms with E-state index in [-0.39, 0.29) is 6.04 Å². The van der Waals surface area contributed by atoms with Crippen molar-refractivity contribution in [2.45, 2.75) is 37.5 Å². The first kappa shape index (κ1) is 14.2. The van der Waals surface area contributed by atoms with Crippen molar-refractivity contribution in [1.82, 2.24) is 14.5 Å². The summed E-state index contributed by atoms with van der Waals surface area (Å²) in [4.78, 5) is 2.23. The van der Waals surface area contributed by atoms with Gasteiger partial charge in [-0.2, -0.15) is 4.31 Å². The van der Waals surface area contributed by atoms with Crippen molar-refractivity contribution in [1.29, 1.82) is 0 Å². The van der Waals surface area contributed by atoms with Crippen LogP contribution >= 0.6 is 0 Å². The monoisotopic (exact) mass is 275 g/mol. The Bertz CT molecular complexity index is 394. The van der Waals surface area contributed by atoms with Crippen molar-refractivity contribution in [3.63, 3.8) is 0 Å². The minimum atomic E-state index is -3.22. The smallest absolute Gasteiger partial charge is 0.220 e. The van der Waals surface area contributed by atoms with Crippen LogP contribution in [0.15, 0.2) is 0 Å². The average Bonchev–Trinajstić information content (AvgIpc) is 2.37. The summed E-state index contributed by atoms with van der Waals surface area (Å²) in [6.07, 6.45) is 2.07. The van der Waals surface area contributed by atoms with Gasteiger partial charge in [0.2, 0.25) is 10.0 Å². The van der Waals surface area contributed by atoms with Gasteiger partial charge in [-0.05, 0) is 40.3 Å². The van der Waals surface area contributed by atoms with Gasteiger partial charge < -0.3 is 10.2 Å². The van der Waals surface area contributed by atoms with E-state index >= 15 is 0 Å². The Labute approximate surface area is 111 Å². The van der Waals surface area contributed by atoms with Crippen molar-refractivity contribution in [2.24, 2.45) is 0 Å². The summed E-state index contributed by atoms with van der Waals surface area (Å²) in [7, 11) is -1.15. The highest BCUT2D eigenvalue weighted by molar-refractivity contribution is 7.90. The fourth-order valence-corrected chi connectivity index (χ4v) is 4.68. The zero-order chi connectivity index (χ0) is 13.4. The van der Waals surface area contributed by atoms with Crippen molar-refractivity contribution in [2.75, 3.05) is 39.8 Å². The molecule has 0 aromatic rings. The number of likely N-dealkylation sites (tertiary alicyclic amines) is 1. The van der Waals surface area contributed by atoms with Gasteiger partial charge in [0, 0.05) is 32.2 Å². The first-order valence-electron chi connectivity index (χ1n) is 6.75. The number of nitrogens with zero attached hydrogens (tertiary/aromatic N) is 2. The molecule has 2 fully saturated rings. The minimum absolute atomic E-state index is 0.146. The molecule has 2 aliphatic heterocycles. The molecule has 2 rings (SSSR count). The van der Waals surface area contributed by atoms with Crippen LogP contribution in [0.1, 0.15) is 26.7 Å². The summed E-state index contributed by atoms with van der Waals surface area (Å²) in [5.74, 6) is 0. The lowest BCUT2D eigenvalue weighted by Gasteiger charge is -2.39. The molecule has 2 heterocycles. The molecule has 18 heavy (non-hydrogen) atoms. The van der Waals surface area contributed by atoms with E-state index in [1.165, 1.54) is 0 Å². The van der Waals surface area contributed by atoms with Crippen LogP contribution in [0, 0.1) is 0 Å². The van der Waals surface area contributed by atoms with Crippen LogP contribution in [0.5, 0.6) is 0 Å². The predicted octanol–water partition coefficient (Wildman–Crippen LogP) is 0.0942. The third-order valence-corrected chi connectivity index (χ3v) is 6.71. The molecule has 5 nitrogen and oxygen atoms in total. The van der Waals surface area contributed by atoms with Crippen LogP contribution in [-0.2, 0) is 10.0 Å². The zero-order valence-electron chi connectivity index (χ0n) is 11.6. The Morgan fingerprint density at radius 3 is 2.67 bits per heavy atom. The SMILES string of the molecule is CN1CCCC(N2CCNCC(C)(C)S2(=O)=O)C1. The molecule has 106 valence electrons. The van der Waals surface area contributed by atoms with Crippen LogP contribution < -0.4 is 5.32 Å². The third-order valence-electron chi connectivity index (χ3n) is 4.07. The van der Waals surface area contributed by atoms with E-state index in [1.807, 2.05) is 13.8 Å². The van der Waals surface area contributed by atoms with Gasteiger partial charge in [-0.15, -0.1) is 0 Å². The molecule has 0 saturated carbocycles. The second-order valence-electron chi connectivity index (χ2n) is 6.11. The number of hydrogen-bond acceptors (Lipinski definition) is 4. The normalized spacial score (nSPS) is 34.1. The van der Waals surface area contributed by atoms with Gasteiger partial charge >= 0.3 is 0 Å². The third kappa shape index (κ3) is 2.57. The number of nitrogens with one attached hydrogen (secondary N) is 1. The van der Waals surface area contributed by atoms with E-state index in [0.717, 1.165) is 32.5 Å². The van der Waals surface area contributed by atoms with Crippen LogP contribution in [0.25, 0.3) is 0 Å². The summed E-state index contributed by atoms with van der Waals surface area (Å²) >= 11 is 0. The maximum atomic E-state index is 12.7. The molecule has 2 aliphatic rings. The molecule has 0 spiro atoms. The van der Waals surface area contributed by atoms with E-state index in [9.17, 15) is 8.42 Å². The lowest BCUT2D eigenvalue weighted by molar-refractivity contribution is 0.173. The van der Waals surface area contributed by atoms with Gasteiger partial charge in [-0.25, -0.2) is 8.42 Å². The van der Waals surface area contributed by atoms with E-state index < -0.39 is 14.8 Å². The molecule has 0 bridgehead atoms. The summed E-state index contributed by atoms with van der Waals surface area (Å²) in [6.45, 7) is 7.46. The summed E-state index contributed by atoms with van der Waals surface area (Å²) in [5.41, 5.74) is 0. The Morgan fingerprint density at radius 2 is 2.00 bits per heavy atom. The van der Waals surface area contributed by atoms with Crippen LogP contribution in [0.3, 0.4) is 0 Å². The van der Waals surface area contributed by atoms with Crippen LogP contribution in [0.4, 0.5) is 0 Å². The van der Waals surface area contributed by atoms with E-state index in [1.54, 1.807) is 4.31 Å². The highest BCUT2D eigenvalue weighted by Crippen LogP contribution is 2.27. The Kier molecular flexibility index (Phi) is 4.02. The number of sulfonamides is 1. The van der Waals surface area contributed by atoms with Crippen LogP contribution in [0.2, 0.25) is 0 Å². The molecule has 0 aromatic heterocycles. The topological polar surface area (TPSA) is 52.6 Å². The fourth-order valence-electron chi connectivity index (χ4n) is 2.86. The molecule has 1 unspecified atom stereocenters. The van der Waals surface area contributed by atoms with E-state index in [0.29, 0.717) is 13.1 Å². The van der Waals surface area contributed by atoms with Gasteiger partial charge in [0.25, 0.3) is 0 Å². The minimum Gasteiger partial charge on any atom is -0.314 e. The van der Waals surface area contributed by atoms with Gasteiger partial charge in [0.15, 0.2) is 0 Å². The Morgan fingerprint density at radius 1 is 1.28 bits per heavy atom. The highest BCUT2D eigenvalue weighted by atomic mass is 32.2. The molecule has 2 saturated heterocycles. The second kappa shape index (κ2) is 5.07.